The molecule has 8 nitrogen and oxygen atoms in total. The van der Waals surface area contributed by atoms with Crippen molar-refractivity contribution in [2.45, 2.75) is 6.42 Å². The zero-order chi connectivity index (χ0) is 14.1. The number of nitrogens with zero attached hydrogens (tertiary/aromatic N) is 5. The molecule has 0 fully saturated rings. The van der Waals surface area contributed by atoms with Gasteiger partial charge in [0.1, 0.15) is 11.0 Å². The summed E-state index contributed by atoms with van der Waals surface area (Å²) in [6.45, 7) is 1.16. The third-order valence-corrected chi connectivity index (χ3v) is 3.15. The number of hydrogen-bond acceptors (Lipinski definition) is 5. The van der Waals surface area contributed by atoms with Gasteiger partial charge in [-0.25, -0.2) is 4.79 Å². The maximum atomic E-state index is 12.3. The van der Waals surface area contributed by atoms with Crippen LogP contribution in [0, 0.1) is 10.1 Å². The van der Waals surface area contributed by atoms with Crippen molar-refractivity contribution in [1.29, 1.82) is 0 Å². The second-order valence-electron chi connectivity index (χ2n) is 4.42. The molecule has 1 aromatic heterocycles. The lowest BCUT2D eigenvalue weighted by atomic mass is 10.2. The Labute approximate surface area is 113 Å². The van der Waals surface area contributed by atoms with Crippen LogP contribution in [0.25, 0.3) is 11.0 Å². The highest BCUT2D eigenvalue weighted by Gasteiger charge is 2.20. The van der Waals surface area contributed by atoms with Gasteiger partial charge in [0, 0.05) is 25.2 Å². The maximum Gasteiger partial charge on any atom is 0.346 e. The summed E-state index contributed by atoms with van der Waals surface area (Å²) in [4.78, 5) is 24.2. The molecule has 20 heavy (non-hydrogen) atoms. The third kappa shape index (κ3) is 2.00. The Balaban J connectivity index is 1.98. The Hall–Kier alpha value is -2.77. The largest absolute Gasteiger partial charge is 0.346 e. The SMILES string of the molecule is O=C(N1CC=CCC1)n1nnc2cc([N+](=O)[O-])ccc21. The first-order valence-electron chi connectivity index (χ1n) is 6.11. The molecule has 0 spiro atoms. The number of rotatable bonds is 1. The van der Waals surface area contributed by atoms with Crippen LogP contribution in [0.3, 0.4) is 0 Å². The molecule has 0 saturated heterocycles. The van der Waals surface area contributed by atoms with Crippen molar-refractivity contribution < 1.29 is 9.72 Å². The van der Waals surface area contributed by atoms with Gasteiger partial charge in [0.2, 0.25) is 0 Å². The van der Waals surface area contributed by atoms with E-state index in [1.54, 1.807) is 4.90 Å². The van der Waals surface area contributed by atoms with Gasteiger partial charge in [0.05, 0.1) is 4.92 Å². The van der Waals surface area contributed by atoms with Crippen molar-refractivity contribution >= 4 is 22.8 Å². The first-order chi connectivity index (χ1) is 9.66. The van der Waals surface area contributed by atoms with Crippen molar-refractivity contribution in [1.82, 2.24) is 19.9 Å². The van der Waals surface area contributed by atoms with Crippen LogP contribution in [0.5, 0.6) is 0 Å². The molecule has 0 radical (unpaired) electrons. The first-order valence-corrected chi connectivity index (χ1v) is 6.11. The number of nitro benzene ring substituents is 1. The van der Waals surface area contributed by atoms with Gasteiger partial charge in [-0.15, -0.1) is 5.10 Å². The van der Waals surface area contributed by atoms with E-state index in [9.17, 15) is 14.9 Å². The number of carbonyl (C=O) groups is 1. The Morgan fingerprint density at radius 1 is 1.35 bits per heavy atom. The van der Waals surface area contributed by atoms with Crippen molar-refractivity contribution in [3.05, 3.63) is 40.5 Å². The van der Waals surface area contributed by atoms with E-state index in [2.05, 4.69) is 10.3 Å². The Kier molecular flexibility index (Phi) is 2.90. The highest BCUT2D eigenvalue weighted by atomic mass is 16.6. The molecule has 3 rings (SSSR count). The second-order valence-corrected chi connectivity index (χ2v) is 4.42. The summed E-state index contributed by atoms with van der Waals surface area (Å²) in [7, 11) is 0. The molecule has 1 aliphatic heterocycles. The van der Waals surface area contributed by atoms with Crippen molar-refractivity contribution in [3.63, 3.8) is 0 Å². The Morgan fingerprint density at radius 2 is 2.20 bits per heavy atom. The lowest BCUT2D eigenvalue weighted by Crippen LogP contribution is -2.37. The molecule has 2 heterocycles. The van der Waals surface area contributed by atoms with Gasteiger partial charge in [0.15, 0.2) is 0 Å². The average Bonchev–Trinajstić information content (AvgIpc) is 2.90. The molecule has 0 unspecified atom stereocenters. The summed E-state index contributed by atoms with van der Waals surface area (Å²) in [5, 5.41) is 18.3. The summed E-state index contributed by atoms with van der Waals surface area (Å²) in [5.41, 5.74) is 0.730. The highest BCUT2D eigenvalue weighted by molar-refractivity contribution is 5.88. The van der Waals surface area contributed by atoms with E-state index in [1.807, 2.05) is 12.2 Å². The predicted octanol–water partition coefficient (Wildman–Crippen LogP) is 1.57. The van der Waals surface area contributed by atoms with Crippen LogP contribution in [0.15, 0.2) is 30.4 Å². The molecular weight excluding hydrogens is 262 g/mol. The topological polar surface area (TPSA) is 94.2 Å². The van der Waals surface area contributed by atoms with E-state index in [-0.39, 0.29) is 11.7 Å². The zero-order valence-corrected chi connectivity index (χ0v) is 10.5. The summed E-state index contributed by atoms with van der Waals surface area (Å²) < 4.78 is 1.18. The van der Waals surface area contributed by atoms with E-state index < -0.39 is 4.92 Å². The van der Waals surface area contributed by atoms with Gasteiger partial charge in [-0.3, -0.25) is 10.1 Å². The average molecular weight is 273 g/mol. The van der Waals surface area contributed by atoms with Gasteiger partial charge in [0.25, 0.3) is 5.69 Å². The number of nitro groups is 1. The minimum Gasteiger partial charge on any atom is -0.319 e. The predicted molar refractivity (Wildman–Crippen MR) is 70.3 cm³/mol. The molecule has 1 aliphatic rings. The molecule has 102 valence electrons. The molecule has 0 N–H and O–H groups in total. The Morgan fingerprint density at radius 3 is 2.90 bits per heavy atom. The van der Waals surface area contributed by atoms with Crippen LogP contribution in [0.2, 0.25) is 0 Å². The molecule has 2 aromatic rings. The molecule has 1 aromatic carbocycles. The number of aromatic nitrogens is 3. The standard InChI is InChI=1S/C12H11N5O3/c18-12(15-6-2-1-3-7-15)16-11-5-4-9(17(19)20)8-10(11)13-14-16/h1-2,4-5,8H,3,6-7H2. The van der Waals surface area contributed by atoms with Crippen LogP contribution in [0.1, 0.15) is 6.42 Å². The summed E-state index contributed by atoms with van der Waals surface area (Å²) >= 11 is 0. The summed E-state index contributed by atoms with van der Waals surface area (Å²) in [6.07, 6.45) is 4.75. The minimum atomic E-state index is -0.504. The van der Waals surface area contributed by atoms with E-state index in [0.717, 1.165) is 6.42 Å². The van der Waals surface area contributed by atoms with Gasteiger partial charge >= 0.3 is 6.03 Å². The van der Waals surface area contributed by atoms with Gasteiger partial charge in [-0.1, -0.05) is 17.4 Å². The normalized spacial score (nSPS) is 14.7. The first kappa shape index (κ1) is 12.3. The van der Waals surface area contributed by atoms with Crippen molar-refractivity contribution in [2.75, 3.05) is 13.1 Å². The summed E-state index contributed by atoms with van der Waals surface area (Å²) in [6, 6.07) is 3.87. The molecule has 0 aliphatic carbocycles. The monoisotopic (exact) mass is 273 g/mol. The number of benzene rings is 1. The quantitative estimate of drug-likeness (QED) is 0.446. The lowest BCUT2D eigenvalue weighted by molar-refractivity contribution is -0.384. The van der Waals surface area contributed by atoms with Gasteiger partial charge in [-0.2, -0.15) is 4.68 Å². The van der Waals surface area contributed by atoms with E-state index in [0.29, 0.717) is 24.1 Å². The lowest BCUT2D eigenvalue weighted by Gasteiger charge is -2.22. The number of amides is 1. The number of non-ortho nitro benzene ring substituents is 1. The molecule has 0 saturated carbocycles. The maximum absolute atomic E-state index is 12.3. The molecule has 1 amide bonds. The van der Waals surface area contributed by atoms with Gasteiger partial charge < -0.3 is 4.90 Å². The van der Waals surface area contributed by atoms with Crippen LogP contribution >= 0.6 is 0 Å². The van der Waals surface area contributed by atoms with Crippen molar-refractivity contribution in [3.8, 4) is 0 Å². The summed E-state index contributed by atoms with van der Waals surface area (Å²) in [5.74, 6) is 0. The Bertz CT molecular complexity index is 721. The second kappa shape index (κ2) is 4.72. The minimum absolute atomic E-state index is 0.0714. The number of fused-ring (bicyclic) bond motifs is 1. The van der Waals surface area contributed by atoms with Crippen molar-refractivity contribution in [2.24, 2.45) is 0 Å². The molecule has 0 bridgehead atoms. The fraction of sp³-hybridized carbons (Fsp3) is 0.250. The number of hydrogen-bond donors (Lipinski definition) is 0. The van der Waals surface area contributed by atoms with Crippen LogP contribution in [-0.4, -0.2) is 43.9 Å². The van der Waals surface area contributed by atoms with Crippen LogP contribution in [0.4, 0.5) is 10.5 Å². The van der Waals surface area contributed by atoms with E-state index in [1.165, 1.54) is 22.9 Å². The fourth-order valence-corrected chi connectivity index (χ4v) is 2.12. The van der Waals surface area contributed by atoms with Crippen LogP contribution < -0.4 is 0 Å². The smallest absolute Gasteiger partial charge is 0.319 e. The molecular formula is C12H11N5O3. The van der Waals surface area contributed by atoms with Crippen LogP contribution in [-0.2, 0) is 0 Å². The molecule has 8 heteroatoms. The third-order valence-electron chi connectivity index (χ3n) is 3.15. The number of carbonyl (C=O) groups excluding carboxylic acids is 1. The highest BCUT2D eigenvalue weighted by Crippen LogP contribution is 2.19. The molecule has 0 atom stereocenters. The van der Waals surface area contributed by atoms with Gasteiger partial charge in [-0.05, 0) is 12.5 Å². The van der Waals surface area contributed by atoms with E-state index >= 15 is 0 Å². The zero-order valence-electron chi connectivity index (χ0n) is 10.5. The van der Waals surface area contributed by atoms with E-state index in [4.69, 9.17) is 0 Å². The fourth-order valence-electron chi connectivity index (χ4n) is 2.12.